The molecular formula is C9H14OSi. The number of aromatic hydroxyl groups is 1. The van der Waals surface area contributed by atoms with Crippen LogP contribution in [-0.2, 0) is 0 Å². The van der Waals surface area contributed by atoms with Crippen molar-refractivity contribution in [1.82, 2.24) is 0 Å². The van der Waals surface area contributed by atoms with Crippen LogP contribution in [0.15, 0.2) is 24.3 Å². The molecule has 1 aromatic carbocycles. The largest absolute Gasteiger partial charge is 0.508 e. The third kappa shape index (κ3) is 2.08. The minimum Gasteiger partial charge on any atom is -0.508 e. The van der Waals surface area contributed by atoms with Gasteiger partial charge in [0, 0.05) is 0 Å². The zero-order valence-electron chi connectivity index (χ0n) is 7.26. The van der Waals surface area contributed by atoms with Crippen molar-refractivity contribution in [2.24, 2.45) is 0 Å². The van der Waals surface area contributed by atoms with E-state index in [2.05, 4.69) is 25.7 Å². The van der Waals surface area contributed by atoms with Crippen molar-refractivity contribution in [3.05, 3.63) is 24.3 Å². The topological polar surface area (TPSA) is 20.2 Å². The lowest BCUT2D eigenvalue weighted by Crippen LogP contribution is -2.37. The Morgan fingerprint density at radius 1 is 1.18 bits per heavy atom. The monoisotopic (exact) mass is 166 g/mol. The summed E-state index contributed by atoms with van der Waals surface area (Å²) in [6.45, 7) is 6.80. The van der Waals surface area contributed by atoms with Gasteiger partial charge in [-0.15, -0.1) is 0 Å². The van der Waals surface area contributed by atoms with Crippen LogP contribution in [0.3, 0.4) is 0 Å². The molecule has 11 heavy (non-hydrogen) atoms. The minimum absolute atomic E-state index is 0.380. The molecule has 0 atom stereocenters. The molecule has 1 rings (SSSR count). The van der Waals surface area contributed by atoms with Gasteiger partial charge in [0.25, 0.3) is 0 Å². The van der Waals surface area contributed by atoms with E-state index < -0.39 is 8.07 Å². The van der Waals surface area contributed by atoms with Crippen LogP contribution >= 0.6 is 0 Å². The maximum Gasteiger partial charge on any atom is 0.115 e. The average Bonchev–Trinajstić information content (AvgIpc) is 1.86. The Kier molecular flexibility index (Phi) is 2.05. The SMILES string of the molecule is C[Si](C)(C)c1cccc(O)c1. The molecular weight excluding hydrogens is 152 g/mol. The van der Waals surface area contributed by atoms with Crippen LogP contribution in [0, 0.1) is 0 Å². The predicted molar refractivity (Wildman–Crippen MR) is 51.1 cm³/mol. The Hall–Kier alpha value is -0.763. The first-order chi connectivity index (χ1) is 5.00. The van der Waals surface area contributed by atoms with E-state index in [0.29, 0.717) is 5.75 Å². The fourth-order valence-electron chi connectivity index (χ4n) is 0.972. The van der Waals surface area contributed by atoms with Crippen LogP contribution in [0.2, 0.25) is 19.6 Å². The van der Waals surface area contributed by atoms with Gasteiger partial charge in [0.15, 0.2) is 0 Å². The van der Waals surface area contributed by atoms with Crippen LogP contribution < -0.4 is 5.19 Å². The average molecular weight is 166 g/mol. The number of rotatable bonds is 1. The Labute approximate surface area is 68.7 Å². The molecule has 0 radical (unpaired) electrons. The van der Waals surface area contributed by atoms with Gasteiger partial charge in [-0.1, -0.05) is 37.0 Å². The Bertz CT molecular complexity index is 250. The lowest BCUT2D eigenvalue weighted by Gasteiger charge is -2.15. The molecule has 0 saturated heterocycles. The highest BCUT2D eigenvalue weighted by Gasteiger charge is 2.15. The van der Waals surface area contributed by atoms with Crippen molar-refractivity contribution < 1.29 is 5.11 Å². The van der Waals surface area contributed by atoms with E-state index in [1.54, 1.807) is 6.07 Å². The number of benzene rings is 1. The Morgan fingerprint density at radius 3 is 2.18 bits per heavy atom. The first kappa shape index (κ1) is 8.33. The van der Waals surface area contributed by atoms with Gasteiger partial charge >= 0.3 is 0 Å². The summed E-state index contributed by atoms with van der Waals surface area (Å²) in [5, 5.41) is 10.5. The molecule has 0 heterocycles. The van der Waals surface area contributed by atoms with E-state index in [1.807, 2.05) is 12.1 Å². The van der Waals surface area contributed by atoms with Crippen molar-refractivity contribution in [3.63, 3.8) is 0 Å². The molecule has 0 aliphatic rings. The summed E-state index contributed by atoms with van der Waals surface area (Å²) in [6.07, 6.45) is 0. The van der Waals surface area contributed by atoms with Gasteiger partial charge in [-0.2, -0.15) is 0 Å². The molecule has 1 N–H and O–H groups in total. The van der Waals surface area contributed by atoms with Crippen molar-refractivity contribution >= 4 is 13.3 Å². The van der Waals surface area contributed by atoms with E-state index >= 15 is 0 Å². The molecule has 2 heteroatoms. The summed E-state index contributed by atoms with van der Waals surface area (Å²) >= 11 is 0. The van der Waals surface area contributed by atoms with Crippen molar-refractivity contribution in [2.75, 3.05) is 0 Å². The second kappa shape index (κ2) is 2.70. The highest BCUT2D eigenvalue weighted by atomic mass is 28.3. The van der Waals surface area contributed by atoms with Crippen LogP contribution in [0.25, 0.3) is 0 Å². The number of phenolic OH excluding ortho intramolecular Hbond substituents is 1. The highest BCUT2D eigenvalue weighted by molar-refractivity contribution is 6.88. The molecule has 0 saturated carbocycles. The second-order valence-corrected chi connectivity index (χ2v) is 8.88. The molecule has 0 unspecified atom stereocenters. The van der Waals surface area contributed by atoms with Crippen molar-refractivity contribution in [2.45, 2.75) is 19.6 Å². The maximum absolute atomic E-state index is 9.20. The third-order valence-electron chi connectivity index (χ3n) is 1.71. The molecule has 0 spiro atoms. The molecule has 1 aromatic rings. The van der Waals surface area contributed by atoms with Crippen LogP contribution in [0.4, 0.5) is 0 Å². The van der Waals surface area contributed by atoms with Crippen LogP contribution in [0.5, 0.6) is 5.75 Å². The third-order valence-corrected chi connectivity index (χ3v) is 3.76. The molecule has 0 amide bonds. The summed E-state index contributed by atoms with van der Waals surface area (Å²) in [5.74, 6) is 0.380. The van der Waals surface area contributed by atoms with Gasteiger partial charge in [0.05, 0.1) is 8.07 Å². The summed E-state index contributed by atoms with van der Waals surface area (Å²) in [7, 11) is -1.22. The smallest absolute Gasteiger partial charge is 0.115 e. The molecule has 0 aliphatic heterocycles. The first-order valence-electron chi connectivity index (χ1n) is 3.79. The van der Waals surface area contributed by atoms with E-state index in [9.17, 15) is 5.11 Å². The van der Waals surface area contributed by atoms with Gasteiger partial charge in [0.2, 0.25) is 0 Å². The van der Waals surface area contributed by atoms with E-state index in [-0.39, 0.29) is 0 Å². The molecule has 1 nitrogen and oxygen atoms in total. The standard InChI is InChI=1S/C9H14OSi/c1-11(2,3)9-6-4-5-8(10)7-9/h4-7,10H,1-3H3. The van der Waals surface area contributed by atoms with Gasteiger partial charge in [-0.25, -0.2) is 0 Å². The summed E-state index contributed by atoms with van der Waals surface area (Å²) < 4.78 is 0. The number of hydrogen-bond acceptors (Lipinski definition) is 1. The maximum atomic E-state index is 9.20. The van der Waals surface area contributed by atoms with E-state index in [0.717, 1.165) is 0 Å². The highest BCUT2D eigenvalue weighted by Crippen LogP contribution is 2.08. The molecule has 0 aromatic heterocycles. The fraction of sp³-hybridized carbons (Fsp3) is 0.333. The summed E-state index contributed by atoms with van der Waals surface area (Å²) in [5.41, 5.74) is 0. The van der Waals surface area contributed by atoms with Crippen LogP contribution in [-0.4, -0.2) is 13.2 Å². The fourth-order valence-corrected chi connectivity index (χ4v) is 2.15. The molecule has 60 valence electrons. The molecule has 0 fully saturated rings. The number of phenols is 1. The zero-order valence-corrected chi connectivity index (χ0v) is 8.26. The predicted octanol–water partition coefficient (Wildman–Crippen LogP) is 1.94. The first-order valence-corrected chi connectivity index (χ1v) is 7.29. The summed E-state index contributed by atoms with van der Waals surface area (Å²) in [6, 6.07) is 7.57. The van der Waals surface area contributed by atoms with Crippen LogP contribution in [0.1, 0.15) is 0 Å². The Morgan fingerprint density at radius 2 is 1.82 bits per heavy atom. The quantitative estimate of drug-likeness (QED) is 0.632. The lowest BCUT2D eigenvalue weighted by atomic mass is 10.3. The summed E-state index contributed by atoms with van der Waals surface area (Å²) in [4.78, 5) is 0. The lowest BCUT2D eigenvalue weighted by molar-refractivity contribution is 0.476. The van der Waals surface area contributed by atoms with Gasteiger partial charge < -0.3 is 5.11 Å². The molecule has 0 bridgehead atoms. The normalized spacial score (nSPS) is 11.5. The van der Waals surface area contributed by atoms with Gasteiger partial charge in [-0.05, 0) is 12.1 Å². The zero-order chi connectivity index (χ0) is 8.48. The van der Waals surface area contributed by atoms with E-state index in [1.165, 1.54) is 5.19 Å². The van der Waals surface area contributed by atoms with Crippen molar-refractivity contribution in [3.8, 4) is 5.75 Å². The van der Waals surface area contributed by atoms with Gasteiger partial charge in [0.1, 0.15) is 5.75 Å². The number of hydrogen-bond donors (Lipinski definition) is 1. The second-order valence-electron chi connectivity index (χ2n) is 3.80. The molecule has 0 aliphatic carbocycles. The minimum atomic E-state index is -1.22. The Balaban J connectivity index is 3.06. The van der Waals surface area contributed by atoms with Crippen molar-refractivity contribution in [1.29, 1.82) is 0 Å². The van der Waals surface area contributed by atoms with Gasteiger partial charge in [-0.3, -0.25) is 0 Å². The van der Waals surface area contributed by atoms with E-state index in [4.69, 9.17) is 0 Å².